The van der Waals surface area contributed by atoms with E-state index in [0.717, 1.165) is 17.0 Å². The van der Waals surface area contributed by atoms with Crippen LogP contribution in [0, 0.1) is 6.92 Å². The zero-order valence-corrected chi connectivity index (χ0v) is 12.4. The van der Waals surface area contributed by atoms with Gasteiger partial charge in [-0.2, -0.15) is 0 Å². The Morgan fingerprint density at radius 2 is 2.15 bits per heavy atom. The van der Waals surface area contributed by atoms with E-state index in [0.29, 0.717) is 12.2 Å². The number of amides is 1. The SMILES string of the molecule is CNC(=O)C(Cc1ccccc1)SCc1cc(C)no1. The van der Waals surface area contributed by atoms with Gasteiger partial charge in [-0.05, 0) is 18.9 Å². The van der Waals surface area contributed by atoms with E-state index in [1.165, 1.54) is 0 Å². The molecule has 0 fully saturated rings. The summed E-state index contributed by atoms with van der Waals surface area (Å²) in [5.74, 6) is 1.48. The topological polar surface area (TPSA) is 55.1 Å². The van der Waals surface area contributed by atoms with Gasteiger partial charge in [0.1, 0.15) is 5.76 Å². The molecule has 0 spiro atoms. The highest BCUT2D eigenvalue weighted by Crippen LogP contribution is 2.22. The lowest BCUT2D eigenvalue weighted by Crippen LogP contribution is -2.31. The number of hydrogen-bond donors (Lipinski definition) is 1. The predicted molar refractivity (Wildman–Crippen MR) is 80.5 cm³/mol. The van der Waals surface area contributed by atoms with E-state index < -0.39 is 0 Å². The van der Waals surface area contributed by atoms with Gasteiger partial charge in [0.2, 0.25) is 5.91 Å². The zero-order chi connectivity index (χ0) is 14.4. The number of rotatable bonds is 6. The summed E-state index contributed by atoms with van der Waals surface area (Å²) < 4.78 is 5.18. The van der Waals surface area contributed by atoms with E-state index in [-0.39, 0.29) is 11.2 Å². The molecule has 2 rings (SSSR count). The molecule has 5 heteroatoms. The fourth-order valence-electron chi connectivity index (χ4n) is 1.88. The summed E-state index contributed by atoms with van der Waals surface area (Å²) in [5, 5.41) is 6.44. The Balaban J connectivity index is 1.98. The second-order valence-corrected chi connectivity index (χ2v) is 5.73. The van der Waals surface area contributed by atoms with Crippen molar-refractivity contribution in [2.75, 3.05) is 7.05 Å². The number of hydrogen-bond acceptors (Lipinski definition) is 4. The Kier molecular flexibility index (Phi) is 5.24. The fraction of sp³-hybridized carbons (Fsp3) is 0.333. The summed E-state index contributed by atoms with van der Waals surface area (Å²) in [5.41, 5.74) is 2.02. The summed E-state index contributed by atoms with van der Waals surface area (Å²) in [6.45, 7) is 1.89. The Morgan fingerprint density at radius 1 is 1.40 bits per heavy atom. The normalized spacial score (nSPS) is 12.1. The first-order chi connectivity index (χ1) is 9.69. The van der Waals surface area contributed by atoms with E-state index in [4.69, 9.17) is 4.52 Å². The van der Waals surface area contributed by atoms with Crippen molar-refractivity contribution >= 4 is 17.7 Å². The predicted octanol–water partition coefficient (Wildman–Crippen LogP) is 2.57. The number of nitrogens with one attached hydrogen (secondary N) is 1. The third-order valence-electron chi connectivity index (χ3n) is 2.91. The van der Waals surface area contributed by atoms with E-state index in [1.807, 2.05) is 43.3 Å². The van der Waals surface area contributed by atoms with E-state index >= 15 is 0 Å². The molecule has 1 heterocycles. The maximum atomic E-state index is 12.0. The van der Waals surface area contributed by atoms with Gasteiger partial charge in [-0.3, -0.25) is 4.79 Å². The highest BCUT2D eigenvalue weighted by Gasteiger charge is 2.19. The Hall–Kier alpha value is -1.75. The fourth-order valence-corrected chi connectivity index (χ4v) is 2.96. The van der Waals surface area contributed by atoms with Crippen LogP contribution in [-0.2, 0) is 17.0 Å². The molecule has 4 nitrogen and oxygen atoms in total. The standard InChI is InChI=1S/C15H18N2O2S/c1-11-8-13(19-17-11)10-20-14(15(18)16-2)9-12-6-4-3-5-7-12/h3-8,14H,9-10H2,1-2H3,(H,16,18). The van der Waals surface area contributed by atoms with Crippen LogP contribution < -0.4 is 5.32 Å². The molecule has 20 heavy (non-hydrogen) atoms. The average molecular weight is 290 g/mol. The molecule has 1 unspecified atom stereocenters. The van der Waals surface area contributed by atoms with Crippen LogP contribution in [0.15, 0.2) is 40.9 Å². The van der Waals surface area contributed by atoms with Crippen LogP contribution in [0.4, 0.5) is 0 Å². The van der Waals surface area contributed by atoms with Gasteiger partial charge in [-0.15, -0.1) is 11.8 Å². The lowest BCUT2D eigenvalue weighted by atomic mass is 10.1. The number of aryl methyl sites for hydroxylation is 1. The van der Waals surface area contributed by atoms with Crippen molar-refractivity contribution in [2.24, 2.45) is 0 Å². The molecule has 0 saturated carbocycles. The van der Waals surface area contributed by atoms with Crippen molar-refractivity contribution in [1.82, 2.24) is 10.5 Å². The van der Waals surface area contributed by atoms with Gasteiger partial charge in [0.25, 0.3) is 0 Å². The molecule has 106 valence electrons. The van der Waals surface area contributed by atoms with Gasteiger partial charge < -0.3 is 9.84 Å². The van der Waals surface area contributed by atoms with Crippen LogP contribution >= 0.6 is 11.8 Å². The number of carbonyl (C=O) groups excluding carboxylic acids is 1. The Labute approximate surface area is 122 Å². The quantitative estimate of drug-likeness (QED) is 0.888. The minimum atomic E-state index is -0.132. The molecule has 0 radical (unpaired) electrons. The van der Waals surface area contributed by atoms with Gasteiger partial charge >= 0.3 is 0 Å². The van der Waals surface area contributed by atoms with Gasteiger partial charge in [0.15, 0.2) is 0 Å². The summed E-state index contributed by atoms with van der Waals surface area (Å²) >= 11 is 1.57. The Bertz CT molecular complexity index is 554. The minimum absolute atomic E-state index is 0.0371. The lowest BCUT2D eigenvalue weighted by molar-refractivity contribution is -0.120. The first kappa shape index (κ1) is 14.7. The second kappa shape index (κ2) is 7.14. The van der Waals surface area contributed by atoms with Gasteiger partial charge in [-0.1, -0.05) is 35.5 Å². The molecule has 2 aromatic rings. The summed E-state index contributed by atoms with van der Waals surface area (Å²) in [6.07, 6.45) is 0.707. The maximum Gasteiger partial charge on any atom is 0.233 e. The molecule has 1 aromatic heterocycles. The van der Waals surface area contributed by atoms with Crippen LogP contribution in [0.1, 0.15) is 17.0 Å². The highest BCUT2D eigenvalue weighted by molar-refractivity contribution is 7.99. The van der Waals surface area contributed by atoms with Gasteiger partial charge in [0, 0.05) is 13.1 Å². The van der Waals surface area contributed by atoms with Crippen LogP contribution in [0.25, 0.3) is 0 Å². The van der Waals surface area contributed by atoms with E-state index in [1.54, 1.807) is 18.8 Å². The number of carbonyl (C=O) groups is 1. The largest absolute Gasteiger partial charge is 0.360 e. The monoisotopic (exact) mass is 290 g/mol. The molecule has 1 atom stereocenters. The van der Waals surface area contributed by atoms with Crippen molar-refractivity contribution in [2.45, 2.75) is 24.3 Å². The number of aromatic nitrogens is 1. The number of nitrogens with zero attached hydrogens (tertiary/aromatic N) is 1. The van der Waals surface area contributed by atoms with Crippen LogP contribution in [0.3, 0.4) is 0 Å². The van der Waals surface area contributed by atoms with E-state index in [9.17, 15) is 4.79 Å². The summed E-state index contributed by atoms with van der Waals surface area (Å²) in [4.78, 5) is 12.0. The van der Waals surface area contributed by atoms with Crippen LogP contribution in [0.5, 0.6) is 0 Å². The molecule has 1 amide bonds. The molecule has 0 aliphatic heterocycles. The first-order valence-corrected chi connectivity index (χ1v) is 7.53. The third kappa shape index (κ3) is 4.13. The van der Waals surface area contributed by atoms with Crippen molar-refractivity contribution in [3.8, 4) is 0 Å². The van der Waals surface area contributed by atoms with Crippen molar-refractivity contribution in [3.05, 3.63) is 53.4 Å². The van der Waals surface area contributed by atoms with Crippen molar-refractivity contribution < 1.29 is 9.32 Å². The average Bonchev–Trinajstić information content (AvgIpc) is 2.89. The van der Waals surface area contributed by atoms with Crippen LogP contribution in [0.2, 0.25) is 0 Å². The van der Waals surface area contributed by atoms with Gasteiger partial charge in [-0.25, -0.2) is 0 Å². The molecule has 1 N–H and O–H groups in total. The Morgan fingerprint density at radius 3 is 2.75 bits per heavy atom. The third-order valence-corrected chi connectivity index (χ3v) is 4.14. The first-order valence-electron chi connectivity index (χ1n) is 6.48. The number of thioether (sulfide) groups is 1. The second-order valence-electron chi connectivity index (χ2n) is 4.54. The molecule has 0 aliphatic rings. The molecular formula is C15H18N2O2S. The molecule has 0 bridgehead atoms. The summed E-state index contributed by atoms with van der Waals surface area (Å²) in [6, 6.07) is 11.9. The van der Waals surface area contributed by atoms with E-state index in [2.05, 4.69) is 10.5 Å². The lowest BCUT2D eigenvalue weighted by Gasteiger charge is -2.14. The maximum absolute atomic E-state index is 12.0. The molecule has 0 aliphatic carbocycles. The summed E-state index contributed by atoms with van der Waals surface area (Å²) in [7, 11) is 1.67. The number of benzene rings is 1. The van der Waals surface area contributed by atoms with Crippen LogP contribution in [-0.4, -0.2) is 23.4 Å². The highest BCUT2D eigenvalue weighted by atomic mass is 32.2. The zero-order valence-electron chi connectivity index (χ0n) is 11.6. The van der Waals surface area contributed by atoms with Crippen molar-refractivity contribution in [3.63, 3.8) is 0 Å². The molecule has 0 saturated heterocycles. The van der Waals surface area contributed by atoms with Crippen molar-refractivity contribution in [1.29, 1.82) is 0 Å². The molecular weight excluding hydrogens is 272 g/mol. The van der Waals surface area contributed by atoms with Gasteiger partial charge in [0.05, 0.1) is 16.7 Å². The molecule has 1 aromatic carbocycles. The minimum Gasteiger partial charge on any atom is -0.360 e. The smallest absolute Gasteiger partial charge is 0.233 e.